The van der Waals surface area contributed by atoms with Crippen LogP contribution in [0, 0.1) is 0 Å². The molecule has 0 aliphatic rings. The first-order valence-corrected chi connectivity index (χ1v) is 8.48. The van der Waals surface area contributed by atoms with E-state index >= 15 is 0 Å². The number of halogens is 2. The fourth-order valence-electron chi connectivity index (χ4n) is 1.72. The van der Waals surface area contributed by atoms with Crippen molar-refractivity contribution in [3.63, 3.8) is 0 Å². The summed E-state index contributed by atoms with van der Waals surface area (Å²) in [6.45, 7) is -1.43. The molecule has 0 spiro atoms. The summed E-state index contributed by atoms with van der Waals surface area (Å²) < 4.78 is 57.8. The lowest BCUT2D eigenvalue weighted by Gasteiger charge is -2.12. The predicted molar refractivity (Wildman–Crippen MR) is 78.8 cm³/mol. The topological polar surface area (TPSA) is 76.7 Å². The Morgan fingerprint density at radius 2 is 1.95 bits per heavy atom. The molecule has 0 aliphatic carbocycles. The Bertz CT molecular complexity index is 567. The zero-order valence-electron chi connectivity index (χ0n) is 12.4. The highest BCUT2D eigenvalue weighted by atomic mass is 32.2. The molecule has 0 amide bonds. The number of nitrogens with one attached hydrogen (secondary N) is 2. The summed E-state index contributed by atoms with van der Waals surface area (Å²) in [7, 11) is -1.78. The van der Waals surface area contributed by atoms with Gasteiger partial charge in [0.25, 0.3) is 0 Å². The van der Waals surface area contributed by atoms with Gasteiger partial charge in [-0.2, -0.15) is 8.78 Å². The maximum absolute atomic E-state index is 12.2. The van der Waals surface area contributed by atoms with E-state index in [1.807, 2.05) is 0 Å². The van der Waals surface area contributed by atoms with Crippen molar-refractivity contribution in [2.75, 3.05) is 26.5 Å². The average molecular weight is 338 g/mol. The first-order chi connectivity index (χ1) is 10.3. The van der Waals surface area contributed by atoms with E-state index in [9.17, 15) is 17.2 Å². The molecule has 0 bridgehead atoms. The third kappa shape index (κ3) is 7.53. The molecule has 1 aromatic carbocycles. The number of methoxy groups -OCH3 is 1. The Hall–Kier alpha value is -1.45. The Kier molecular flexibility index (Phi) is 7.49. The maximum Gasteiger partial charge on any atom is 0.387 e. The third-order valence-electron chi connectivity index (χ3n) is 2.67. The maximum atomic E-state index is 12.2. The van der Waals surface area contributed by atoms with Crippen LogP contribution >= 0.6 is 0 Å². The van der Waals surface area contributed by atoms with Crippen molar-refractivity contribution < 1.29 is 26.7 Å². The molecule has 0 atom stereocenters. The molecule has 0 saturated heterocycles. The van der Waals surface area contributed by atoms with Gasteiger partial charge in [-0.15, -0.1) is 0 Å². The van der Waals surface area contributed by atoms with Gasteiger partial charge in [0.1, 0.15) is 0 Å². The van der Waals surface area contributed by atoms with Gasteiger partial charge in [-0.1, -0.05) is 6.07 Å². The largest absolute Gasteiger partial charge is 0.493 e. The summed E-state index contributed by atoms with van der Waals surface area (Å²) >= 11 is 0. The molecule has 0 aliphatic heterocycles. The van der Waals surface area contributed by atoms with Crippen molar-refractivity contribution in [3.8, 4) is 11.5 Å². The van der Waals surface area contributed by atoms with Crippen LogP contribution < -0.4 is 19.5 Å². The summed E-state index contributed by atoms with van der Waals surface area (Å²) in [5, 5.41) is 3.12. The smallest absolute Gasteiger partial charge is 0.387 e. The highest BCUT2D eigenvalue weighted by Gasteiger charge is 2.10. The van der Waals surface area contributed by atoms with Crippen molar-refractivity contribution in [1.29, 1.82) is 0 Å². The minimum absolute atomic E-state index is 0.0152. The van der Waals surface area contributed by atoms with Crippen LogP contribution in [0.15, 0.2) is 18.2 Å². The number of ether oxygens (including phenoxy) is 2. The third-order valence-corrected chi connectivity index (χ3v) is 3.40. The molecule has 1 rings (SSSR count). The van der Waals surface area contributed by atoms with E-state index in [1.165, 1.54) is 13.2 Å². The number of rotatable bonds is 10. The lowest BCUT2D eigenvalue weighted by Crippen LogP contribution is -2.26. The number of sulfonamides is 1. The van der Waals surface area contributed by atoms with Crippen molar-refractivity contribution in [2.45, 2.75) is 19.6 Å². The molecule has 0 radical (unpaired) electrons. The quantitative estimate of drug-likeness (QED) is 0.630. The van der Waals surface area contributed by atoms with Crippen molar-refractivity contribution in [3.05, 3.63) is 23.8 Å². The Balaban J connectivity index is 2.40. The lowest BCUT2D eigenvalue weighted by atomic mass is 10.2. The van der Waals surface area contributed by atoms with Gasteiger partial charge in [0.2, 0.25) is 10.0 Å². The zero-order chi connectivity index (χ0) is 16.6. The minimum atomic E-state index is -3.16. The number of alkyl halides is 2. The Labute approximate surface area is 128 Å². The summed E-state index contributed by atoms with van der Waals surface area (Å²) in [6.07, 6.45) is 1.74. The van der Waals surface area contributed by atoms with Gasteiger partial charge < -0.3 is 14.8 Å². The molecule has 0 aromatic heterocycles. The van der Waals surface area contributed by atoms with E-state index < -0.39 is 16.6 Å². The number of hydrogen-bond acceptors (Lipinski definition) is 5. The highest BCUT2D eigenvalue weighted by molar-refractivity contribution is 7.88. The summed E-state index contributed by atoms with van der Waals surface area (Å²) in [4.78, 5) is 0. The lowest BCUT2D eigenvalue weighted by molar-refractivity contribution is -0.0512. The van der Waals surface area contributed by atoms with Gasteiger partial charge in [-0.05, 0) is 30.7 Å². The molecule has 0 heterocycles. The number of hydrogen-bond donors (Lipinski definition) is 2. The van der Waals surface area contributed by atoms with Crippen molar-refractivity contribution >= 4 is 10.0 Å². The second-order valence-corrected chi connectivity index (χ2v) is 6.39. The summed E-state index contributed by atoms with van der Waals surface area (Å²) in [5.41, 5.74) is 0.842. The molecule has 6 nitrogen and oxygen atoms in total. The molecule has 126 valence electrons. The fraction of sp³-hybridized carbons (Fsp3) is 0.538. The van der Waals surface area contributed by atoms with E-state index in [0.717, 1.165) is 11.8 Å². The van der Waals surface area contributed by atoms with Gasteiger partial charge in [0.15, 0.2) is 11.5 Å². The van der Waals surface area contributed by atoms with Gasteiger partial charge in [0.05, 0.1) is 13.4 Å². The average Bonchev–Trinajstić information content (AvgIpc) is 2.42. The van der Waals surface area contributed by atoms with Crippen LogP contribution in [0.5, 0.6) is 11.5 Å². The van der Waals surface area contributed by atoms with E-state index in [4.69, 9.17) is 4.74 Å². The first-order valence-electron chi connectivity index (χ1n) is 6.59. The molecular formula is C13H20F2N2O4S. The second-order valence-electron chi connectivity index (χ2n) is 4.56. The van der Waals surface area contributed by atoms with Crippen LogP contribution in [-0.2, 0) is 16.6 Å². The SMILES string of the molecule is COc1cc(CNCCCNS(C)(=O)=O)ccc1OC(F)F. The molecular weight excluding hydrogens is 318 g/mol. The molecule has 22 heavy (non-hydrogen) atoms. The highest BCUT2D eigenvalue weighted by Crippen LogP contribution is 2.29. The van der Waals surface area contributed by atoms with Crippen molar-refractivity contribution in [2.24, 2.45) is 0 Å². The molecule has 0 saturated carbocycles. The fourth-order valence-corrected chi connectivity index (χ4v) is 2.23. The van der Waals surface area contributed by atoms with Crippen LogP contribution in [0.4, 0.5) is 8.78 Å². The Morgan fingerprint density at radius 1 is 1.23 bits per heavy atom. The standard InChI is InChI=1S/C13H20F2N2O4S/c1-20-12-8-10(4-5-11(12)21-13(14)15)9-16-6-3-7-17-22(2,18)19/h4-5,8,13,16-17H,3,6-7,9H2,1-2H3. The Morgan fingerprint density at radius 3 is 2.55 bits per heavy atom. The second kappa shape index (κ2) is 8.86. The molecule has 0 fully saturated rings. The minimum Gasteiger partial charge on any atom is -0.493 e. The van der Waals surface area contributed by atoms with E-state index in [0.29, 0.717) is 26.1 Å². The van der Waals surface area contributed by atoms with E-state index in [2.05, 4.69) is 14.8 Å². The van der Waals surface area contributed by atoms with Crippen LogP contribution in [0.2, 0.25) is 0 Å². The molecule has 1 aromatic rings. The van der Waals surface area contributed by atoms with Crippen LogP contribution in [0.25, 0.3) is 0 Å². The van der Waals surface area contributed by atoms with Gasteiger partial charge in [-0.3, -0.25) is 0 Å². The molecule has 9 heteroatoms. The monoisotopic (exact) mass is 338 g/mol. The van der Waals surface area contributed by atoms with E-state index in [1.54, 1.807) is 12.1 Å². The normalized spacial score (nSPS) is 11.7. The van der Waals surface area contributed by atoms with Gasteiger partial charge >= 0.3 is 6.61 Å². The van der Waals surface area contributed by atoms with Gasteiger partial charge in [-0.25, -0.2) is 13.1 Å². The summed E-state index contributed by atoms with van der Waals surface area (Å²) in [6, 6.07) is 4.69. The molecule has 2 N–H and O–H groups in total. The molecule has 0 unspecified atom stereocenters. The number of benzene rings is 1. The van der Waals surface area contributed by atoms with Crippen molar-refractivity contribution in [1.82, 2.24) is 10.0 Å². The van der Waals surface area contributed by atoms with Crippen LogP contribution in [0.1, 0.15) is 12.0 Å². The zero-order valence-corrected chi connectivity index (χ0v) is 13.3. The first kappa shape index (κ1) is 18.6. The predicted octanol–water partition coefficient (Wildman–Crippen LogP) is 1.33. The van der Waals surface area contributed by atoms with Crippen LogP contribution in [0.3, 0.4) is 0 Å². The van der Waals surface area contributed by atoms with E-state index in [-0.39, 0.29) is 11.5 Å². The summed E-state index contributed by atoms with van der Waals surface area (Å²) in [5.74, 6) is 0.219. The van der Waals surface area contributed by atoms with Crippen LogP contribution in [-0.4, -0.2) is 41.5 Å². The van der Waals surface area contributed by atoms with Gasteiger partial charge in [0, 0.05) is 13.1 Å².